The fraction of sp³-hybridized carbons (Fsp3) is 0.500. The molecule has 22 heavy (non-hydrogen) atoms. The summed E-state index contributed by atoms with van der Waals surface area (Å²) < 4.78 is 0. The van der Waals surface area contributed by atoms with Crippen molar-refractivity contribution < 1.29 is 0 Å². The molecule has 0 amide bonds. The third kappa shape index (κ3) is 4.66. The van der Waals surface area contributed by atoms with Gasteiger partial charge in [0.15, 0.2) is 0 Å². The van der Waals surface area contributed by atoms with Crippen LogP contribution in [-0.4, -0.2) is 13.1 Å². The van der Waals surface area contributed by atoms with Gasteiger partial charge in [0, 0.05) is 0 Å². The van der Waals surface area contributed by atoms with Crippen LogP contribution >= 0.6 is 0 Å². The van der Waals surface area contributed by atoms with Crippen LogP contribution in [0.5, 0.6) is 0 Å². The van der Waals surface area contributed by atoms with Gasteiger partial charge in [-0.25, -0.2) is 0 Å². The zero-order chi connectivity index (χ0) is 16.4. The van der Waals surface area contributed by atoms with Gasteiger partial charge in [0.25, 0.3) is 0 Å². The Bertz CT molecular complexity index is 577. The van der Waals surface area contributed by atoms with E-state index in [9.17, 15) is 0 Å². The van der Waals surface area contributed by atoms with E-state index in [-0.39, 0.29) is 10.8 Å². The summed E-state index contributed by atoms with van der Waals surface area (Å²) in [5, 5.41) is 12.1. The molecule has 0 fully saturated rings. The van der Waals surface area contributed by atoms with Crippen molar-refractivity contribution in [2.75, 3.05) is 13.1 Å². The van der Waals surface area contributed by atoms with Gasteiger partial charge in [-0.3, -0.25) is 0 Å². The Morgan fingerprint density at radius 3 is 1.45 bits per heavy atom. The maximum absolute atomic E-state index is 4.85. The van der Waals surface area contributed by atoms with Gasteiger partial charge < -0.3 is 10.6 Å². The van der Waals surface area contributed by atoms with Crippen LogP contribution in [0.4, 0.5) is 11.4 Å². The Morgan fingerprint density at radius 2 is 1.09 bits per heavy atom. The number of fused-ring (bicyclic) bond motifs is 1. The molecule has 0 atom stereocenters. The summed E-state index contributed by atoms with van der Waals surface area (Å²) in [5.41, 5.74) is 2.50. The number of hydrogen-bond acceptors (Lipinski definition) is 0. The van der Waals surface area contributed by atoms with Gasteiger partial charge in [-0.1, -0.05) is 88.8 Å². The van der Waals surface area contributed by atoms with Crippen LogP contribution in [0, 0.1) is 10.8 Å². The third-order valence-electron chi connectivity index (χ3n) is 3.31. The molecule has 0 heterocycles. The van der Waals surface area contributed by atoms with Crippen molar-refractivity contribution in [3.63, 3.8) is 0 Å². The largest absolute Gasteiger partial charge is 0.683 e. The molecule has 0 radical (unpaired) electrons. The van der Waals surface area contributed by atoms with Gasteiger partial charge >= 0.3 is 0 Å². The first-order valence-electron chi connectivity index (χ1n) is 8.02. The third-order valence-corrected chi connectivity index (χ3v) is 3.31. The lowest BCUT2D eigenvalue weighted by molar-refractivity contribution is 0.451. The fourth-order valence-electron chi connectivity index (χ4n) is 2.21. The predicted octanol–water partition coefficient (Wildman–Crippen LogP) is 6.94. The van der Waals surface area contributed by atoms with E-state index >= 15 is 0 Å². The van der Waals surface area contributed by atoms with Crippen molar-refractivity contribution in [3.8, 4) is 0 Å². The lowest BCUT2D eigenvalue weighted by Crippen LogP contribution is -2.10. The van der Waals surface area contributed by atoms with Crippen LogP contribution in [0.15, 0.2) is 36.4 Å². The Kier molecular flexibility index (Phi) is 4.69. The van der Waals surface area contributed by atoms with Crippen LogP contribution < -0.4 is 0 Å². The van der Waals surface area contributed by atoms with Crippen molar-refractivity contribution in [1.29, 1.82) is 0 Å². The van der Waals surface area contributed by atoms with Crippen LogP contribution in [0.3, 0.4) is 0 Å². The van der Waals surface area contributed by atoms with E-state index in [0.717, 1.165) is 24.5 Å². The standard InChI is InChI=1S/C20H28N2/c1-19(2,3)13-21-16-11-7-9-15-10-8-12-17(18(15)16)22-14-20(4,5)6/h7-12H,13-14H2,1-6H3/q-2. The van der Waals surface area contributed by atoms with E-state index in [1.165, 1.54) is 10.8 Å². The lowest BCUT2D eigenvalue weighted by Gasteiger charge is -2.36. The second kappa shape index (κ2) is 6.20. The van der Waals surface area contributed by atoms with E-state index in [4.69, 9.17) is 10.6 Å². The summed E-state index contributed by atoms with van der Waals surface area (Å²) in [4.78, 5) is 0. The number of hydrogen-bond donors (Lipinski definition) is 0. The molecule has 0 N–H and O–H groups in total. The average Bonchev–Trinajstić information content (AvgIpc) is 2.41. The quantitative estimate of drug-likeness (QED) is 0.584. The minimum Gasteiger partial charge on any atom is -0.683 e. The van der Waals surface area contributed by atoms with E-state index in [1.54, 1.807) is 0 Å². The van der Waals surface area contributed by atoms with Crippen LogP contribution in [0.2, 0.25) is 0 Å². The van der Waals surface area contributed by atoms with Crippen molar-refractivity contribution in [2.45, 2.75) is 41.5 Å². The van der Waals surface area contributed by atoms with Crippen molar-refractivity contribution in [3.05, 3.63) is 47.0 Å². The first-order chi connectivity index (χ1) is 10.2. The maximum atomic E-state index is 4.85. The summed E-state index contributed by atoms with van der Waals surface area (Å²) in [7, 11) is 0. The smallest absolute Gasteiger partial charge is 0.0209 e. The topological polar surface area (TPSA) is 28.2 Å². The van der Waals surface area contributed by atoms with Gasteiger partial charge in [0.2, 0.25) is 0 Å². The molecule has 120 valence electrons. The highest BCUT2D eigenvalue weighted by molar-refractivity contribution is 6.04. The normalized spacial score (nSPS) is 12.5. The molecule has 0 saturated carbocycles. The van der Waals surface area contributed by atoms with Crippen LogP contribution in [-0.2, 0) is 0 Å². The summed E-state index contributed by atoms with van der Waals surface area (Å²) in [5.74, 6) is 0. The Labute approximate surface area is 135 Å². The molecule has 2 rings (SSSR count). The molecule has 2 aromatic carbocycles. The highest BCUT2D eigenvalue weighted by atomic mass is 14.9. The molecule has 2 heteroatoms. The van der Waals surface area contributed by atoms with E-state index in [1.807, 2.05) is 0 Å². The summed E-state index contributed by atoms with van der Waals surface area (Å²) in [6.45, 7) is 14.9. The van der Waals surface area contributed by atoms with Crippen molar-refractivity contribution in [2.24, 2.45) is 10.8 Å². The first kappa shape index (κ1) is 16.7. The summed E-state index contributed by atoms with van der Waals surface area (Å²) in [6, 6.07) is 12.6. The van der Waals surface area contributed by atoms with E-state index in [0.29, 0.717) is 0 Å². The van der Waals surface area contributed by atoms with Crippen LogP contribution in [0.1, 0.15) is 41.5 Å². The first-order valence-corrected chi connectivity index (χ1v) is 8.02. The van der Waals surface area contributed by atoms with Gasteiger partial charge in [-0.2, -0.15) is 0 Å². The Hall–Kier alpha value is -1.70. The Balaban J connectivity index is 2.36. The molecule has 0 unspecified atom stereocenters. The van der Waals surface area contributed by atoms with Gasteiger partial charge in [0.05, 0.1) is 0 Å². The van der Waals surface area contributed by atoms with Gasteiger partial charge in [0.1, 0.15) is 0 Å². The zero-order valence-electron chi connectivity index (χ0n) is 14.8. The van der Waals surface area contributed by atoms with Crippen molar-refractivity contribution >= 4 is 22.1 Å². The highest BCUT2D eigenvalue weighted by Gasteiger charge is 2.05. The molecule has 2 nitrogen and oxygen atoms in total. The van der Waals surface area contributed by atoms with Gasteiger partial charge in [-0.15, -0.1) is 24.5 Å². The number of benzene rings is 2. The second-order valence-corrected chi connectivity index (χ2v) is 8.41. The SMILES string of the molecule is CC(C)(C)C[N-]c1cccc2cccc([N-]CC(C)(C)C)c12. The predicted molar refractivity (Wildman–Crippen MR) is 98.6 cm³/mol. The van der Waals surface area contributed by atoms with Crippen molar-refractivity contribution in [1.82, 2.24) is 0 Å². The number of nitrogens with zero attached hydrogens (tertiary/aromatic N) is 2. The second-order valence-electron chi connectivity index (χ2n) is 8.41. The molecule has 0 spiro atoms. The molecule has 0 aromatic heterocycles. The maximum Gasteiger partial charge on any atom is -0.0209 e. The molecule has 2 aromatic rings. The molecule has 0 aliphatic carbocycles. The molecular formula is C20H28N2-2. The summed E-state index contributed by atoms with van der Waals surface area (Å²) in [6.07, 6.45) is 0. The Morgan fingerprint density at radius 1 is 0.682 bits per heavy atom. The van der Waals surface area contributed by atoms with Gasteiger partial charge in [-0.05, 0) is 10.8 Å². The van der Waals surface area contributed by atoms with E-state index in [2.05, 4.69) is 77.9 Å². The highest BCUT2D eigenvalue weighted by Crippen LogP contribution is 2.40. The summed E-state index contributed by atoms with van der Waals surface area (Å²) >= 11 is 0. The number of rotatable bonds is 4. The van der Waals surface area contributed by atoms with Crippen LogP contribution in [0.25, 0.3) is 21.4 Å². The molecule has 0 aliphatic heterocycles. The van der Waals surface area contributed by atoms with E-state index < -0.39 is 0 Å². The monoisotopic (exact) mass is 296 g/mol. The molecular weight excluding hydrogens is 268 g/mol. The lowest BCUT2D eigenvalue weighted by atomic mass is 9.96. The average molecular weight is 296 g/mol. The zero-order valence-corrected chi connectivity index (χ0v) is 14.8. The minimum absolute atomic E-state index is 0.194. The minimum atomic E-state index is 0.194. The molecule has 0 aliphatic rings. The fourth-order valence-corrected chi connectivity index (χ4v) is 2.21. The molecule has 0 bridgehead atoms. The molecule has 0 saturated heterocycles.